The summed E-state index contributed by atoms with van der Waals surface area (Å²) in [6.45, 7) is 3.65. The number of rotatable bonds is 3. The molecule has 17 heavy (non-hydrogen) atoms. The molecular weight excluding hydrogens is 218 g/mol. The van der Waals surface area contributed by atoms with Gasteiger partial charge in [0.1, 0.15) is 6.61 Å². The zero-order chi connectivity index (χ0) is 12.3. The van der Waals surface area contributed by atoms with Crippen molar-refractivity contribution in [2.75, 3.05) is 0 Å². The van der Waals surface area contributed by atoms with Gasteiger partial charge in [0.25, 0.3) is 0 Å². The van der Waals surface area contributed by atoms with Crippen LogP contribution in [0.2, 0.25) is 0 Å². The first-order valence-corrected chi connectivity index (χ1v) is 5.32. The van der Waals surface area contributed by atoms with E-state index in [1.54, 1.807) is 13.8 Å². The number of oxazole rings is 1. The predicted molar refractivity (Wildman–Crippen MR) is 61.5 cm³/mol. The lowest BCUT2D eigenvalue weighted by Gasteiger charge is -2.02. The maximum Gasteiger partial charge on any atom is 0.376 e. The molecule has 0 aliphatic carbocycles. The van der Waals surface area contributed by atoms with Crippen molar-refractivity contribution in [1.29, 1.82) is 0 Å². The standard InChI is InChI=1S/C13H13NO3/c1-9-12(17-10(2)14-9)13(15)16-8-11-6-4-3-5-7-11/h3-7H,8H2,1-2H3. The van der Waals surface area contributed by atoms with Gasteiger partial charge in [-0.2, -0.15) is 0 Å². The molecule has 1 heterocycles. The van der Waals surface area contributed by atoms with E-state index in [0.29, 0.717) is 11.6 Å². The average molecular weight is 231 g/mol. The van der Waals surface area contributed by atoms with Gasteiger partial charge < -0.3 is 9.15 Å². The van der Waals surface area contributed by atoms with Gasteiger partial charge in [-0.25, -0.2) is 9.78 Å². The van der Waals surface area contributed by atoms with Crippen LogP contribution in [0.4, 0.5) is 0 Å². The lowest BCUT2D eigenvalue weighted by molar-refractivity contribution is 0.0433. The summed E-state index contributed by atoms with van der Waals surface area (Å²) in [7, 11) is 0. The van der Waals surface area contributed by atoms with E-state index >= 15 is 0 Å². The normalized spacial score (nSPS) is 10.2. The highest BCUT2D eigenvalue weighted by Gasteiger charge is 2.17. The zero-order valence-electron chi connectivity index (χ0n) is 9.77. The molecule has 0 saturated carbocycles. The Hall–Kier alpha value is -2.10. The number of aromatic nitrogens is 1. The van der Waals surface area contributed by atoms with Crippen molar-refractivity contribution in [3.05, 3.63) is 53.2 Å². The van der Waals surface area contributed by atoms with Crippen LogP contribution in [0.1, 0.15) is 27.7 Å². The quantitative estimate of drug-likeness (QED) is 0.762. The number of aryl methyl sites for hydroxylation is 2. The molecule has 0 aliphatic rings. The Balaban J connectivity index is 2.01. The van der Waals surface area contributed by atoms with E-state index in [2.05, 4.69) is 4.98 Å². The number of ether oxygens (including phenoxy) is 1. The van der Waals surface area contributed by atoms with Gasteiger partial charge in [0.15, 0.2) is 5.89 Å². The molecule has 0 aliphatic heterocycles. The fourth-order valence-electron chi connectivity index (χ4n) is 1.51. The van der Waals surface area contributed by atoms with E-state index in [1.807, 2.05) is 30.3 Å². The maximum atomic E-state index is 11.7. The van der Waals surface area contributed by atoms with Gasteiger partial charge in [0, 0.05) is 6.92 Å². The highest BCUT2D eigenvalue weighted by molar-refractivity contribution is 5.87. The molecule has 0 atom stereocenters. The van der Waals surface area contributed by atoms with Crippen molar-refractivity contribution >= 4 is 5.97 Å². The number of benzene rings is 1. The van der Waals surface area contributed by atoms with Gasteiger partial charge in [-0.3, -0.25) is 0 Å². The van der Waals surface area contributed by atoms with E-state index < -0.39 is 5.97 Å². The van der Waals surface area contributed by atoms with Crippen LogP contribution >= 0.6 is 0 Å². The topological polar surface area (TPSA) is 52.3 Å². The molecule has 1 aromatic heterocycles. The van der Waals surface area contributed by atoms with Crippen molar-refractivity contribution in [2.45, 2.75) is 20.5 Å². The molecule has 4 nitrogen and oxygen atoms in total. The van der Waals surface area contributed by atoms with Crippen molar-refractivity contribution in [3.8, 4) is 0 Å². The smallest absolute Gasteiger partial charge is 0.376 e. The number of hydrogen-bond acceptors (Lipinski definition) is 4. The summed E-state index contributed by atoms with van der Waals surface area (Å²) < 4.78 is 10.3. The van der Waals surface area contributed by atoms with Crippen LogP contribution in [-0.2, 0) is 11.3 Å². The first kappa shape index (κ1) is 11.4. The van der Waals surface area contributed by atoms with Gasteiger partial charge in [-0.15, -0.1) is 0 Å². The fraction of sp³-hybridized carbons (Fsp3) is 0.231. The van der Waals surface area contributed by atoms with Gasteiger partial charge in [-0.1, -0.05) is 30.3 Å². The van der Waals surface area contributed by atoms with E-state index in [0.717, 1.165) is 5.56 Å². The third kappa shape index (κ3) is 2.72. The molecule has 0 unspecified atom stereocenters. The molecule has 1 aromatic carbocycles. The van der Waals surface area contributed by atoms with Crippen molar-refractivity contribution in [1.82, 2.24) is 4.98 Å². The molecule has 0 N–H and O–H groups in total. The van der Waals surface area contributed by atoms with Gasteiger partial charge >= 0.3 is 5.97 Å². The molecule has 4 heteroatoms. The molecule has 0 bridgehead atoms. The summed E-state index contributed by atoms with van der Waals surface area (Å²) >= 11 is 0. The first-order chi connectivity index (χ1) is 8.16. The Morgan fingerprint density at radius 1 is 1.29 bits per heavy atom. The second kappa shape index (κ2) is 4.82. The van der Waals surface area contributed by atoms with E-state index in [4.69, 9.17) is 9.15 Å². The average Bonchev–Trinajstić information content (AvgIpc) is 2.67. The van der Waals surface area contributed by atoms with Gasteiger partial charge in [0.05, 0.1) is 5.69 Å². The summed E-state index contributed by atoms with van der Waals surface area (Å²) in [5.74, 6) is 0.166. The lowest BCUT2D eigenvalue weighted by atomic mass is 10.2. The van der Waals surface area contributed by atoms with Crippen LogP contribution in [0, 0.1) is 13.8 Å². The second-order valence-corrected chi connectivity index (χ2v) is 3.71. The number of nitrogens with zero attached hydrogens (tertiary/aromatic N) is 1. The minimum absolute atomic E-state index is 0.179. The van der Waals surface area contributed by atoms with Crippen LogP contribution in [0.25, 0.3) is 0 Å². The highest BCUT2D eigenvalue weighted by Crippen LogP contribution is 2.12. The summed E-state index contributed by atoms with van der Waals surface area (Å²) in [4.78, 5) is 15.7. The van der Waals surface area contributed by atoms with E-state index in [1.165, 1.54) is 0 Å². The second-order valence-electron chi connectivity index (χ2n) is 3.71. The third-order valence-electron chi connectivity index (χ3n) is 2.30. The van der Waals surface area contributed by atoms with Gasteiger partial charge in [0.2, 0.25) is 5.76 Å². The predicted octanol–water partition coefficient (Wildman–Crippen LogP) is 2.65. The molecule has 88 valence electrons. The SMILES string of the molecule is Cc1nc(C)c(C(=O)OCc2ccccc2)o1. The van der Waals surface area contributed by atoms with Crippen LogP contribution in [0.3, 0.4) is 0 Å². The molecule has 0 spiro atoms. The van der Waals surface area contributed by atoms with E-state index in [-0.39, 0.29) is 12.4 Å². The summed E-state index contributed by atoms with van der Waals surface area (Å²) in [5.41, 5.74) is 1.50. The van der Waals surface area contributed by atoms with Crippen LogP contribution in [0.15, 0.2) is 34.7 Å². The fourth-order valence-corrected chi connectivity index (χ4v) is 1.51. The molecule has 2 rings (SSSR count). The van der Waals surface area contributed by atoms with Gasteiger partial charge in [-0.05, 0) is 12.5 Å². The number of hydrogen-bond donors (Lipinski definition) is 0. The van der Waals surface area contributed by atoms with Crippen LogP contribution in [-0.4, -0.2) is 11.0 Å². The third-order valence-corrected chi connectivity index (χ3v) is 2.30. The summed E-state index contributed by atoms with van der Waals surface area (Å²) in [5, 5.41) is 0. The Kier molecular flexibility index (Phi) is 3.23. The van der Waals surface area contributed by atoms with Crippen molar-refractivity contribution in [3.63, 3.8) is 0 Å². The van der Waals surface area contributed by atoms with Crippen molar-refractivity contribution < 1.29 is 13.9 Å². The number of carbonyl (C=O) groups excluding carboxylic acids is 1. The Labute approximate surface area is 99.2 Å². The Morgan fingerprint density at radius 2 is 2.00 bits per heavy atom. The first-order valence-electron chi connectivity index (χ1n) is 5.32. The zero-order valence-corrected chi connectivity index (χ0v) is 9.77. The van der Waals surface area contributed by atoms with Crippen molar-refractivity contribution in [2.24, 2.45) is 0 Å². The molecule has 0 fully saturated rings. The maximum absolute atomic E-state index is 11.7. The molecule has 0 saturated heterocycles. The van der Waals surface area contributed by atoms with Crippen LogP contribution < -0.4 is 0 Å². The Bertz CT molecular complexity index is 517. The largest absolute Gasteiger partial charge is 0.455 e. The monoisotopic (exact) mass is 231 g/mol. The highest BCUT2D eigenvalue weighted by atomic mass is 16.5. The summed E-state index contributed by atoms with van der Waals surface area (Å²) in [6.07, 6.45) is 0. The number of esters is 1. The minimum atomic E-state index is -0.480. The van der Waals surface area contributed by atoms with E-state index in [9.17, 15) is 4.79 Å². The number of carbonyl (C=O) groups is 1. The molecule has 2 aromatic rings. The lowest BCUT2D eigenvalue weighted by Crippen LogP contribution is -2.05. The molecule has 0 amide bonds. The van der Waals surface area contributed by atoms with Crippen LogP contribution in [0.5, 0.6) is 0 Å². The Morgan fingerprint density at radius 3 is 2.59 bits per heavy atom. The molecule has 0 radical (unpaired) electrons. The molecular formula is C13H13NO3. The summed E-state index contributed by atoms with van der Waals surface area (Å²) in [6, 6.07) is 9.49. The minimum Gasteiger partial charge on any atom is -0.455 e.